The summed E-state index contributed by atoms with van der Waals surface area (Å²) in [6, 6.07) is 0. The van der Waals surface area contributed by atoms with Crippen LogP contribution in [0.4, 0.5) is 0 Å². The summed E-state index contributed by atoms with van der Waals surface area (Å²) in [5, 5.41) is 0.514. The summed E-state index contributed by atoms with van der Waals surface area (Å²) in [5.41, 5.74) is 3.81. The number of halogens is 1. The lowest BCUT2D eigenvalue weighted by Crippen LogP contribution is -1.84. The minimum absolute atomic E-state index is 0.514. The molecule has 0 radical (unpaired) electrons. The van der Waals surface area contributed by atoms with Crippen LogP contribution in [0.25, 0.3) is 0 Å². The topological polar surface area (TPSA) is 12.4 Å². The van der Waals surface area contributed by atoms with Crippen LogP contribution in [0.5, 0.6) is 0 Å². The first-order valence-electron chi connectivity index (χ1n) is 2.63. The first kappa shape index (κ1) is 6.34. The number of nitrogens with zero attached hydrogens (tertiary/aromatic N) is 1. The van der Waals surface area contributed by atoms with E-state index < -0.39 is 0 Å². The quantitative estimate of drug-likeness (QED) is 0.457. The maximum Gasteiger partial charge on any atom is 0.139 e. The summed E-state index contributed by atoms with van der Waals surface area (Å²) < 4.78 is 0. The van der Waals surface area contributed by atoms with Gasteiger partial charge in [0.2, 0.25) is 0 Å². The Labute approximate surface area is 59.1 Å². The molecule has 0 bridgehead atoms. The predicted octanol–water partition coefficient (Wildman–Crippen LogP) is 2.25. The highest BCUT2D eigenvalue weighted by atomic mass is 35.5. The van der Waals surface area contributed by atoms with Crippen LogP contribution >= 0.6 is 11.6 Å². The molecule has 0 atom stereocenters. The molecule has 1 aliphatic rings. The number of aliphatic imine (C=N–C) groups is 1. The highest BCUT2D eigenvalue weighted by molar-refractivity contribution is 6.69. The molecule has 0 unspecified atom stereocenters. The van der Waals surface area contributed by atoms with Gasteiger partial charge in [0.25, 0.3) is 0 Å². The van der Waals surface area contributed by atoms with Gasteiger partial charge in [0, 0.05) is 11.8 Å². The van der Waals surface area contributed by atoms with E-state index in [4.69, 9.17) is 11.6 Å². The summed E-state index contributed by atoms with van der Waals surface area (Å²) in [4.78, 5) is 3.88. The molecular weight excluding hydrogens is 134 g/mol. The van der Waals surface area contributed by atoms with Crippen molar-refractivity contribution >= 4 is 16.8 Å². The zero-order valence-corrected chi connectivity index (χ0v) is 5.81. The van der Waals surface area contributed by atoms with E-state index in [1.807, 2.05) is 6.92 Å². The highest BCUT2D eigenvalue weighted by Gasteiger charge is 1.93. The summed E-state index contributed by atoms with van der Waals surface area (Å²) in [7, 11) is 0. The smallest absolute Gasteiger partial charge is 0.139 e. The zero-order chi connectivity index (χ0) is 6.69. The highest BCUT2D eigenvalue weighted by Crippen LogP contribution is 2.02. The van der Waals surface area contributed by atoms with E-state index in [1.165, 1.54) is 0 Å². The molecule has 0 saturated carbocycles. The average molecular weight is 140 g/mol. The molecule has 0 saturated heterocycles. The molecule has 0 aliphatic carbocycles. The number of hydrogen-bond acceptors (Lipinski definition) is 1. The molecular formula is C7H6ClN. The van der Waals surface area contributed by atoms with Crippen LogP contribution in [0.1, 0.15) is 6.92 Å². The van der Waals surface area contributed by atoms with Crippen molar-refractivity contribution in [3.05, 3.63) is 29.7 Å². The lowest BCUT2D eigenvalue weighted by molar-refractivity contribution is 1.55. The second-order valence-corrected chi connectivity index (χ2v) is 2.06. The van der Waals surface area contributed by atoms with E-state index in [1.54, 1.807) is 18.4 Å². The molecule has 46 valence electrons. The van der Waals surface area contributed by atoms with Crippen molar-refractivity contribution in [3.8, 4) is 0 Å². The van der Waals surface area contributed by atoms with Crippen molar-refractivity contribution < 1.29 is 0 Å². The second kappa shape index (κ2) is 2.67. The molecule has 1 nitrogen and oxygen atoms in total. The van der Waals surface area contributed by atoms with Gasteiger partial charge in [0.05, 0.1) is 0 Å². The fraction of sp³-hybridized carbons (Fsp3) is 0.143. The normalized spacial score (nSPS) is 16.7. The van der Waals surface area contributed by atoms with Crippen molar-refractivity contribution in [3.63, 3.8) is 0 Å². The first-order chi connectivity index (χ1) is 4.30. The Balaban J connectivity index is 3.06. The zero-order valence-electron chi connectivity index (χ0n) is 5.06. The third-order valence-corrected chi connectivity index (χ3v) is 1.36. The van der Waals surface area contributed by atoms with Crippen LogP contribution in [-0.2, 0) is 0 Å². The number of rotatable bonds is 0. The molecule has 0 aromatic heterocycles. The SMILES string of the molecule is CC1=C=CC=CN=C1Cl. The van der Waals surface area contributed by atoms with Crippen molar-refractivity contribution in [2.75, 3.05) is 0 Å². The Morgan fingerprint density at radius 1 is 1.67 bits per heavy atom. The maximum atomic E-state index is 5.65. The van der Waals surface area contributed by atoms with E-state index in [0.717, 1.165) is 5.57 Å². The Kier molecular flexibility index (Phi) is 1.88. The molecule has 0 N–H and O–H groups in total. The van der Waals surface area contributed by atoms with Crippen molar-refractivity contribution in [2.45, 2.75) is 6.92 Å². The van der Waals surface area contributed by atoms with E-state index in [2.05, 4.69) is 10.7 Å². The van der Waals surface area contributed by atoms with E-state index >= 15 is 0 Å². The molecule has 0 aromatic rings. The first-order valence-corrected chi connectivity index (χ1v) is 3.00. The predicted molar refractivity (Wildman–Crippen MR) is 39.7 cm³/mol. The lowest BCUT2D eigenvalue weighted by atomic mass is 10.3. The summed E-state index contributed by atoms with van der Waals surface area (Å²) in [6.07, 6.45) is 5.22. The molecule has 1 rings (SSSR count). The Hall–Kier alpha value is -0.780. The van der Waals surface area contributed by atoms with Gasteiger partial charge in [-0.25, -0.2) is 4.99 Å². The van der Waals surface area contributed by atoms with Gasteiger partial charge in [-0.05, 0) is 19.1 Å². The van der Waals surface area contributed by atoms with Crippen LogP contribution in [0, 0.1) is 0 Å². The fourth-order valence-corrected chi connectivity index (χ4v) is 0.592. The van der Waals surface area contributed by atoms with Gasteiger partial charge in [-0.1, -0.05) is 11.6 Å². The fourth-order valence-electron chi connectivity index (χ4n) is 0.481. The van der Waals surface area contributed by atoms with Crippen LogP contribution in [0.3, 0.4) is 0 Å². The van der Waals surface area contributed by atoms with Gasteiger partial charge < -0.3 is 0 Å². The van der Waals surface area contributed by atoms with Gasteiger partial charge in [0.1, 0.15) is 5.17 Å². The van der Waals surface area contributed by atoms with Gasteiger partial charge in [-0.2, -0.15) is 0 Å². The van der Waals surface area contributed by atoms with E-state index in [0.29, 0.717) is 5.17 Å². The molecule has 0 aromatic carbocycles. The Morgan fingerprint density at radius 3 is 3.22 bits per heavy atom. The van der Waals surface area contributed by atoms with Crippen molar-refractivity contribution in [1.82, 2.24) is 0 Å². The minimum Gasteiger partial charge on any atom is -0.244 e. The Bertz CT molecular complexity index is 229. The van der Waals surface area contributed by atoms with Gasteiger partial charge >= 0.3 is 0 Å². The van der Waals surface area contributed by atoms with Crippen molar-refractivity contribution in [2.24, 2.45) is 4.99 Å². The lowest BCUT2D eigenvalue weighted by Gasteiger charge is -1.86. The van der Waals surface area contributed by atoms with Gasteiger partial charge in [-0.3, -0.25) is 0 Å². The average Bonchev–Trinajstić information content (AvgIpc) is 1.99. The molecule has 1 aliphatic heterocycles. The van der Waals surface area contributed by atoms with Crippen LogP contribution in [-0.4, -0.2) is 5.17 Å². The molecule has 9 heavy (non-hydrogen) atoms. The minimum atomic E-state index is 0.514. The molecule has 0 fully saturated rings. The number of allylic oxidation sites excluding steroid dienone is 2. The van der Waals surface area contributed by atoms with Gasteiger partial charge in [0.15, 0.2) is 0 Å². The van der Waals surface area contributed by atoms with Crippen LogP contribution < -0.4 is 0 Å². The van der Waals surface area contributed by atoms with Crippen LogP contribution in [0.15, 0.2) is 34.6 Å². The maximum absolute atomic E-state index is 5.65. The summed E-state index contributed by atoms with van der Waals surface area (Å²) in [6.45, 7) is 1.87. The second-order valence-electron chi connectivity index (χ2n) is 1.70. The molecule has 0 amide bonds. The number of hydrogen-bond donors (Lipinski definition) is 0. The third-order valence-electron chi connectivity index (χ3n) is 0.979. The van der Waals surface area contributed by atoms with Crippen molar-refractivity contribution in [1.29, 1.82) is 0 Å². The van der Waals surface area contributed by atoms with Crippen LogP contribution in [0.2, 0.25) is 0 Å². The van der Waals surface area contributed by atoms with E-state index in [9.17, 15) is 0 Å². The molecule has 2 heteroatoms. The molecule has 0 spiro atoms. The van der Waals surface area contributed by atoms with E-state index in [-0.39, 0.29) is 0 Å². The standard InChI is InChI=1S/C7H6ClN/c1-6-4-2-3-5-9-7(6)8/h2-3,5H,1H3. The Morgan fingerprint density at radius 2 is 2.44 bits per heavy atom. The third kappa shape index (κ3) is 1.56. The molecule has 1 heterocycles. The largest absolute Gasteiger partial charge is 0.244 e. The summed E-state index contributed by atoms with van der Waals surface area (Å²) in [5.74, 6) is 0. The van der Waals surface area contributed by atoms with Gasteiger partial charge in [-0.15, -0.1) is 5.73 Å². The summed E-state index contributed by atoms with van der Waals surface area (Å²) >= 11 is 5.65. The monoisotopic (exact) mass is 139 g/mol.